The molecule has 0 bridgehead atoms. The molecule has 0 spiro atoms. The predicted octanol–water partition coefficient (Wildman–Crippen LogP) is 2.73. The molecular formula is C14H21N3O3. The van der Waals surface area contributed by atoms with E-state index in [-0.39, 0.29) is 28.9 Å². The van der Waals surface area contributed by atoms with Gasteiger partial charge in [-0.2, -0.15) is 0 Å². The van der Waals surface area contributed by atoms with Crippen LogP contribution in [0, 0.1) is 16.0 Å². The lowest BCUT2D eigenvalue weighted by molar-refractivity contribution is -0.384. The normalized spacial score (nSPS) is 12.2. The minimum absolute atomic E-state index is 0.00355. The Hall–Kier alpha value is -2.11. The number of rotatable bonds is 6. The fourth-order valence-corrected chi connectivity index (χ4v) is 2.25. The van der Waals surface area contributed by atoms with Crippen molar-refractivity contribution >= 4 is 17.3 Å². The van der Waals surface area contributed by atoms with Crippen LogP contribution in [-0.4, -0.2) is 16.9 Å². The molecule has 1 atom stereocenters. The summed E-state index contributed by atoms with van der Waals surface area (Å²) in [5.41, 5.74) is 5.98. The van der Waals surface area contributed by atoms with Gasteiger partial charge < -0.3 is 11.1 Å². The van der Waals surface area contributed by atoms with Gasteiger partial charge in [0.25, 0.3) is 11.6 Å². The Labute approximate surface area is 118 Å². The highest BCUT2D eigenvalue weighted by Crippen LogP contribution is 2.20. The van der Waals surface area contributed by atoms with Gasteiger partial charge in [-0.25, -0.2) is 0 Å². The van der Waals surface area contributed by atoms with Crippen molar-refractivity contribution in [2.24, 2.45) is 5.92 Å². The second kappa shape index (κ2) is 6.88. The SMILES string of the molecule is CCC(CC)C(C)NC(=O)c1cc([N+](=O)[O-])ccc1N. The van der Waals surface area contributed by atoms with E-state index in [0.717, 1.165) is 12.8 Å². The molecule has 0 heterocycles. The maximum Gasteiger partial charge on any atom is 0.270 e. The van der Waals surface area contributed by atoms with Gasteiger partial charge in [-0.1, -0.05) is 26.7 Å². The van der Waals surface area contributed by atoms with Crippen LogP contribution < -0.4 is 11.1 Å². The molecule has 1 aromatic carbocycles. The van der Waals surface area contributed by atoms with Gasteiger partial charge in [0, 0.05) is 23.9 Å². The van der Waals surface area contributed by atoms with E-state index >= 15 is 0 Å². The average molecular weight is 279 g/mol. The second-order valence-electron chi connectivity index (χ2n) is 4.87. The summed E-state index contributed by atoms with van der Waals surface area (Å²) in [5, 5.41) is 13.6. The number of nitrogens with two attached hydrogens (primary N) is 1. The van der Waals surface area contributed by atoms with Crippen molar-refractivity contribution in [2.75, 3.05) is 5.73 Å². The summed E-state index contributed by atoms with van der Waals surface area (Å²) in [6.45, 7) is 6.07. The summed E-state index contributed by atoms with van der Waals surface area (Å²) in [5.74, 6) is 0.00414. The van der Waals surface area contributed by atoms with Crippen LogP contribution in [0.15, 0.2) is 18.2 Å². The van der Waals surface area contributed by atoms with Crippen LogP contribution in [0.4, 0.5) is 11.4 Å². The number of hydrogen-bond donors (Lipinski definition) is 2. The van der Waals surface area contributed by atoms with E-state index in [4.69, 9.17) is 5.73 Å². The molecule has 0 aliphatic heterocycles. The summed E-state index contributed by atoms with van der Waals surface area (Å²) in [7, 11) is 0. The van der Waals surface area contributed by atoms with E-state index in [1.807, 2.05) is 6.92 Å². The first-order valence-electron chi connectivity index (χ1n) is 6.75. The third kappa shape index (κ3) is 3.69. The van der Waals surface area contributed by atoms with Crippen LogP contribution in [0.3, 0.4) is 0 Å². The fraction of sp³-hybridized carbons (Fsp3) is 0.500. The van der Waals surface area contributed by atoms with Gasteiger partial charge in [0.1, 0.15) is 0 Å². The highest BCUT2D eigenvalue weighted by molar-refractivity contribution is 5.99. The van der Waals surface area contributed by atoms with Gasteiger partial charge in [0.05, 0.1) is 10.5 Å². The Morgan fingerprint density at radius 3 is 2.50 bits per heavy atom. The number of non-ortho nitro benzene ring substituents is 1. The monoisotopic (exact) mass is 279 g/mol. The minimum Gasteiger partial charge on any atom is -0.398 e. The number of nitrogen functional groups attached to an aromatic ring is 1. The molecule has 1 rings (SSSR count). The summed E-state index contributed by atoms with van der Waals surface area (Å²) in [6, 6.07) is 3.88. The molecule has 6 heteroatoms. The standard InChI is InChI=1S/C14H21N3O3/c1-4-10(5-2)9(3)16-14(18)12-8-11(17(19)20)6-7-13(12)15/h6-10H,4-5,15H2,1-3H3,(H,16,18). The number of nitro groups is 1. The molecular weight excluding hydrogens is 258 g/mol. The molecule has 3 N–H and O–H groups in total. The van der Waals surface area contributed by atoms with Crippen LogP contribution in [0.2, 0.25) is 0 Å². The Kier molecular flexibility index (Phi) is 5.49. The molecule has 20 heavy (non-hydrogen) atoms. The molecule has 1 amide bonds. The summed E-state index contributed by atoms with van der Waals surface area (Å²) in [6.07, 6.45) is 1.92. The van der Waals surface area contributed by atoms with Gasteiger partial charge >= 0.3 is 0 Å². The molecule has 0 aromatic heterocycles. The number of anilines is 1. The molecule has 0 saturated carbocycles. The quantitative estimate of drug-likeness (QED) is 0.475. The third-order valence-electron chi connectivity index (χ3n) is 3.61. The first-order chi connectivity index (χ1) is 9.40. The Morgan fingerprint density at radius 1 is 1.40 bits per heavy atom. The molecule has 0 aliphatic rings. The average Bonchev–Trinajstić information content (AvgIpc) is 2.40. The number of nitrogens with zero attached hydrogens (tertiary/aromatic N) is 1. The zero-order chi connectivity index (χ0) is 15.3. The van der Waals surface area contributed by atoms with Gasteiger partial charge in [-0.05, 0) is 18.9 Å². The first kappa shape index (κ1) is 15.9. The smallest absolute Gasteiger partial charge is 0.270 e. The van der Waals surface area contributed by atoms with Gasteiger partial charge in [0.2, 0.25) is 0 Å². The number of amides is 1. The number of nitro benzene ring substituents is 1. The van der Waals surface area contributed by atoms with Crippen LogP contribution in [0.1, 0.15) is 44.0 Å². The van der Waals surface area contributed by atoms with Crippen LogP contribution in [0.5, 0.6) is 0 Å². The van der Waals surface area contributed by atoms with Gasteiger partial charge in [-0.15, -0.1) is 0 Å². The lowest BCUT2D eigenvalue weighted by Crippen LogP contribution is -2.38. The summed E-state index contributed by atoms with van der Waals surface area (Å²) < 4.78 is 0. The maximum absolute atomic E-state index is 12.2. The zero-order valence-electron chi connectivity index (χ0n) is 12.1. The van der Waals surface area contributed by atoms with E-state index in [1.165, 1.54) is 18.2 Å². The van der Waals surface area contributed by atoms with Crippen molar-refractivity contribution in [2.45, 2.75) is 39.7 Å². The molecule has 1 unspecified atom stereocenters. The van der Waals surface area contributed by atoms with Crippen molar-refractivity contribution in [1.82, 2.24) is 5.32 Å². The van der Waals surface area contributed by atoms with Gasteiger partial charge in [0.15, 0.2) is 0 Å². The molecule has 0 aliphatic carbocycles. The summed E-state index contributed by atoms with van der Waals surface area (Å²) >= 11 is 0. The fourth-order valence-electron chi connectivity index (χ4n) is 2.25. The molecule has 0 fully saturated rings. The minimum atomic E-state index is -0.541. The largest absolute Gasteiger partial charge is 0.398 e. The Bertz CT molecular complexity index is 498. The molecule has 6 nitrogen and oxygen atoms in total. The van der Waals surface area contributed by atoms with E-state index in [2.05, 4.69) is 19.2 Å². The number of benzene rings is 1. The molecule has 110 valence electrons. The first-order valence-corrected chi connectivity index (χ1v) is 6.75. The maximum atomic E-state index is 12.2. The zero-order valence-corrected chi connectivity index (χ0v) is 12.1. The number of carbonyl (C=O) groups is 1. The van der Waals surface area contributed by atoms with Crippen LogP contribution in [-0.2, 0) is 0 Å². The van der Waals surface area contributed by atoms with Crippen molar-refractivity contribution < 1.29 is 9.72 Å². The third-order valence-corrected chi connectivity index (χ3v) is 3.61. The van der Waals surface area contributed by atoms with Crippen molar-refractivity contribution in [3.63, 3.8) is 0 Å². The molecule has 1 aromatic rings. The van der Waals surface area contributed by atoms with Crippen molar-refractivity contribution in [3.05, 3.63) is 33.9 Å². The van der Waals surface area contributed by atoms with Crippen LogP contribution >= 0.6 is 0 Å². The second-order valence-corrected chi connectivity index (χ2v) is 4.87. The number of nitrogens with one attached hydrogen (secondary N) is 1. The highest BCUT2D eigenvalue weighted by Gasteiger charge is 2.20. The molecule has 0 radical (unpaired) electrons. The number of carbonyl (C=O) groups excluding carboxylic acids is 1. The molecule has 0 saturated heterocycles. The highest BCUT2D eigenvalue weighted by atomic mass is 16.6. The van der Waals surface area contributed by atoms with Crippen molar-refractivity contribution in [1.29, 1.82) is 0 Å². The van der Waals surface area contributed by atoms with Crippen LogP contribution in [0.25, 0.3) is 0 Å². The lowest BCUT2D eigenvalue weighted by Gasteiger charge is -2.22. The van der Waals surface area contributed by atoms with Crippen molar-refractivity contribution in [3.8, 4) is 0 Å². The topological polar surface area (TPSA) is 98.3 Å². The Balaban J connectivity index is 2.92. The van der Waals surface area contributed by atoms with E-state index < -0.39 is 4.92 Å². The Morgan fingerprint density at radius 2 is 2.00 bits per heavy atom. The number of hydrogen-bond acceptors (Lipinski definition) is 4. The van der Waals surface area contributed by atoms with Gasteiger partial charge in [-0.3, -0.25) is 14.9 Å². The summed E-state index contributed by atoms with van der Waals surface area (Å²) in [4.78, 5) is 22.4. The lowest BCUT2D eigenvalue weighted by atomic mass is 9.95. The van der Waals surface area contributed by atoms with E-state index in [9.17, 15) is 14.9 Å². The van der Waals surface area contributed by atoms with E-state index in [1.54, 1.807) is 0 Å². The van der Waals surface area contributed by atoms with E-state index in [0.29, 0.717) is 5.92 Å². The predicted molar refractivity (Wildman–Crippen MR) is 78.5 cm³/mol.